The highest BCUT2D eigenvalue weighted by Gasteiger charge is 2.26. The predicted octanol–water partition coefficient (Wildman–Crippen LogP) is 2.61. The number of fused-ring (bicyclic) bond motifs is 1. The monoisotopic (exact) mass is 386 g/mol. The Morgan fingerprint density at radius 2 is 1.81 bits per heavy atom. The van der Waals surface area contributed by atoms with Crippen LogP contribution in [0, 0.1) is 0 Å². The lowest BCUT2D eigenvalue weighted by molar-refractivity contribution is -0.115. The first-order valence-corrected chi connectivity index (χ1v) is 10.4. The van der Waals surface area contributed by atoms with Crippen molar-refractivity contribution in [2.24, 2.45) is 0 Å². The predicted molar refractivity (Wildman–Crippen MR) is 104 cm³/mol. The summed E-state index contributed by atoms with van der Waals surface area (Å²) in [6, 6.07) is 14.4. The number of Topliss-reactive ketones (excluding diaryl/α,β-unsaturated/α-hetero) is 1. The maximum Gasteiger partial charge on any atom is 0.225 e. The fourth-order valence-electron chi connectivity index (χ4n) is 3.10. The quantitative estimate of drug-likeness (QED) is 0.774. The third kappa shape index (κ3) is 4.81. The van der Waals surface area contributed by atoms with E-state index < -0.39 is 15.9 Å². The minimum atomic E-state index is -3.52. The van der Waals surface area contributed by atoms with E-state index in [1.165, 1.54) is 16.8 Å². The number of nitrogens with one attached hydrogen (secondary N) is 1. The van der Waals surface area contributed by atoms with E-state index in [9.17, 15) is 18.0 Å². The molecule has 0 saturated carbocycles. The number of benzene rings is 2. The Kier molecular flexibility index (Phi) is 5.72. The first-order chi connectivity index (χ1) is 12.8. The number of sulfonamides is 1. The van der Waals surface area contributed by atoms with Crippen molar-refractivity contribution in [1.82, 2.24) is 4.31 Å². The first-order valence-electron chi connectivity index (χ1n) is 8.80. The molecule has 142 valence electrons. The maximum atomic E-state index is 12.6. The molecule has 27 heavy (non-hydrogen) atoms. The summed E-state index contributed by atoms with van der Waals surface area (Å²) in [6.45, 7) is 2.23. The van der Waals surface area contributed by atoms with Gasteiger partial charge in [-0.3, -0.25) is 9.59 Å². The number of ketones is 1. The van der Waals surface area contributed by atoms with E-state index in [0.29, 0.717) is 30.8 Å². The average molecular weight is 386 g/mol. The van der Waals surface area contributed by atoms with E-state index in [0.717, 1.165) is 5.56 Å². The van der Waals surface area contributed by atoms with Crippen LogP contribution >= 0.6 is 0 Å². The third-order valence-corrected chi connectivity index (χ3v) is 6.45. The molecule has 1 aliphatic heterocycles. The van der Waals surface area contributed by atoms with Gasteiger partial charge in [0, 0.05) is 30.8 Å². The van der Waals surface area contributed by atoms with Crippen LogP contribution in [0.15, 0.2) is 48.5 Å². The number of rotatable bonds is 6. The van der Waals surface area contributed by atoms with Crippen molar-refractivity contribution in [2.75, 3.05) is 17.6 Å². The van der Waals surface area contributed by atoms with Crippen molar-refractivity contribution in [3.05, 3.63) is 65.2 Å². The SMILES string of the molecule is CC(=O)c1cccc(NC(=O)CCS(=O)(=O)N2CCc3ccccc3C2)c1. The van der Waals surface area contributed by atoms with Crippen molar-refractivity contribution in [2.45, 2.75) is 26.3 Å². The Morgan fingerprint density at radius 3 is 2.56 bits per heavy atom. The van der Waals surface area contributed by atoms with E-state index in [2.05, 4.69) is 5.32 Å². The van der Waals surface area contributed by atoms with Crippen LogP contribution in [0.1, 0.15) is 34.8 Å². The van der Waals surface area contributed by atoms with Gasteiger partial charge in [0.15, 0.2) is 5.78 Å². The molecule has 0 unspecified atom stereocenters. The topological polar surface area (TPSA) is 83.5 Å². The lowest BCUT2D eigenvalue weighted by Gasteiger charge is -2.28. The number of anilines is 1. The number of hydrogen-bond donors (Lipinski definition) is 1. The van der Waals surface area contributed by atoms with Crippen molar-refractivity contribution in [3.8, 4) is 0 Å². The molecular weight excluding hydrogens is 364 g/mol. The van der Waals surface area contributed by atoms with Gasteiger partial charge in [0.1, 0.15) is 0 Å². The lowest BCUT2D eigenvalue weighted by Crippen LogP contribution is -2.38. The highest BCUT2D eigenvalue weighted by atomic mass is 32.2. The fraction of sp³-hybridized carbons (Fsp3) is 0.300. The molecule has 6 nitrogen and oxygen atoms in total. The molecule has 2 aromatic rings. The Morgan fingerprint density at radius 1 is 1.07 bits per heavy atom. The second-order valence-electron chi connectivity index (χ2n) is 6.60. The second kappa shape index (κ2) is 8.02. The Hall–Kier alpha value is -2.51. The van der Waals surface area contributed by atoms with Crippen LogP contribution in [0.5, 0.6) is 0 Å². The molecule has 0 saturated heterocycles. The van der Waals surface area contributed by atoms with Gasteiger partial charge in [-0.15, -0.1) is 0 Å². The summed E-state index contributed by atoms with van der Waals surface area (Å²) in [6.07, 6.45) is 0.546. The molecule has 0 fully saturated rings. The third-order valence-electron chi connectivity index (χ3n) is 4.63. The molecule has 1 heterocycles. The molecule has 0 bridgehead atoms. The van der Waals surface area contributed by atoms with Crippen molar-refractivity contribution in [3.63, 3.8) is 0 Å². The number of hydrogen-bond acceptors (Lipinski definition) is 4. The molecule has 0 spiro atoms. The van der Waals surface area contributed by atoms with Crippen molar-refractivity contribution < 1.29 is 18.0 Å². The average Bonchev–Trinajstić information content (AvgIpc) is 2.66. The van der Waals surface area contributed by atoms with Crippen LogP contribution in [0.2, 0.25) is 0 Å². The van der Waals surface area contributed by atoms with Gasteiger partial charge in [-0.2, -0.15) is 4.31 Å². The number of carbonyl (C=O) groups is 2. The molecule has 1 aliphatic rings. The van der Waals surface area contributed by atoms with Crippen molar-refractivity contribution >= 4 is 27.4 Å². The summed E-state index contributed by atoms with van der Waals surface area (Å²) in [4.78, 5) is 23.5. The number of amides is 1. The summed E-state index contributed by atoms with van der Waals surface area (Å²) in [7, 11) is -3.52. The van der Waals surface area contributed by atoms with Crippen LogP contribution in [0.3, 0.4) is 0 Å². The largest absolute Gasteiger partial charge is 0.326 e. The van der Waals surface area contributed by atoms with Crippen LogP contribution in [-0.4, -0.2) is 36.7 Å². The zero-order valence-electron chi connectivity index (χ0n) is 15.1. The fourth-order valence-corrected chi connectivity index (χ4v) is 4.50. The van der Waals surface area contributed by atoms with Crippen molar-refractivity contribution in [1.29, 1.82) is 0 Å². The molecule has 0 atom stereocenters. The Balaban J connectivity index is 1.58. The highest BCUT2D eigenvalue weighted by Crippen LogP contribution is 2.21. The van der Waals surface area contributed by atoms with Gasteiger partial charge in [0.05, 0.1) is 5.75 Å². The van der Waals surface area contributed by atoms with Gasteiger partial charge < -0.3 is 5.32 Å². The van der Waals surface area contributed by atoms with Crippen LogP contribution in [0.25, 0.3) is 0 Å². The Bertz CT molecular complexity index is 969. The summed E-state index contributed by atoms with van der Waals surface area (Å²) in [5.74, 6) is -0.733. The molecule has 7 heteroatoms. The van der Waals surface area contributed by atoms with Gasteiger partial charge in [-0.05, 0) is 36.6 Å². The lowest BCUT2D eigenvalue weighted by atomic mass is 10.0. The maximum absolute atomic E-state index is 12.6. The number of carbonyl (C=O) groups excluding carboxylic acids is 2. The summed E-state index contributed by atoms with van der Waals surface area (Å²) < 4.78 is 26.6. The van der Waals surface area contributed by atoms with E-state index in [1.807, 2.05) is 24.3 Å². The minimum Gasteiger partial charge on any atom is -0.326 e. The van der Waals surface area contributed by atoms with E-state index in [-0.39, 0.29) is 18.0 Å². The van der Waals surface area contributed by atoms with Gasteiger partial charge >= 0.3 is 0 Å². The molecular formula is C20H22N2O4S. The molecule has 3 rings (SSSR count). The summed E-state index contributed by atoms with van der Waals surface area (Å²) >= 11 is 0. The van der Waals surface area contributed by atoms with Gasteiger partial charge in [0.25, 0.3) is 0 Å². The molecule has 0 aromatic heterocycles. The van der Waals surface area contributed by atoms with E-state index >= 15 is 0 Å². The van der Waals surface area contributed by atoms with E-state index in [1.54, 1.807) is 24.3 Å². The molecule has 2 aromatic carbocycles. The molecule has 0 radical (unpaired) electrons. The number of nitrogens with zero attached hydrogens (tertiary/aromatic N) is 1. The van der Waals surface area contributed by atoms with Crippen LogP contribution in [-0.2, 0) is 27.8 Å². The normalized spacial score (nSPS) is 14.4. The van der Waals surface area contributed by atoms with E-state index in [4.69, 9.17) is 0 Å². The van der Waals surface area contributed by atoms with Gasteiger partial charge in [-0.25, -0.2) is 8.42 Å². The van der Waals surface area contributed by atoms with Crippen LogP contribution in [0.4, 0.5) is 5.69 Å². The molecule has 1 amide bonds. The zero-order chi connectivity index (χ0) is 19.4. The molecule has 0 aliphatic carbocycles. The smallest absolute Gasteiger partial charge is 0.225 e. The second-order valence-corrected chi connectivity index (χ2v) is 8.69. The highest BCUT2D eigenvalue weighted by molar-refractivity contribution is 7.89. The summed E-state index contributed by atoms with van der Waals surface area (Å²) in [5, 5.41) is 2.65. The standard InChI is InChI=1S/C20H22N2O4S/c1-15(23)17-7-4-8-19(13-17)21-20(24)10-12-27(25,26)22-11-9-16-5-2-3-6-18(16)14-22/h2-8,13H,9-12,14H2,1H3,(H,21,24). The first kappa shape index (κ1) is 19.3. The van der Waals surface area contributed by atoms with Crippen LogP contribution < -0.4 is 5.32 Å². The zero-order valence-corrected chi connectivity index (χ0v) is 16.0. The van der Waals surface area contributed by atoms with Gasteiger partial charge in [0.2, 0.25) is 15.9 Å². The summed E-state index contributed by atoms with van der Waals surface area (Å²) in [5.41, 5.74) is 3.16. The molecule has 1 N–H and O–H groups in total. The minimum absolute atomic E-state index is 0.0981. The van der Waals surface area contributed by atoms with Gasteiger partial charge in [-0.1, -0.05) is 36.4 Å². The Labute approximate surface area is 159 Å².